The van der Waals surface area contributed by atoms with Gasteiger partial charge in [-0.25, -0.2) is 4.98 Å². The van der Waals surface area contributed by atoms with Gasteiger partial charge in [-0.3, -0.25) is 9.59 Å². The van der Waals surface area contributed by atoms with Crippen LogP contribution in [0.4, 0.5) is 5.13 Å². The fraction of sp³-hybridized carbons (Fsp3) is 0.250. The summed E-state index contributed by atoms with van der Waals surface area (Å²) in [4.78, 5) is 28.1. The van der Waals surface area contributed by atoms with Crippen LogP contribution in [0, 0.1) is 6.92 Å². The third-order valence-electron chi connectivity index (χ3n) is 4.00. The SMILES string of the molecule is CCC(=O)Nc1nc2ccc(CC(=O)NCc3ccc(C)cc3)cc2s1. The fourth-order valence-electron chi connectivity index (χ4n) is 2.49. The van der Waals surface area contributed by atoms with Crippen molar-refractivity contribution in [3.05, 3.63) is 59.2 Å². The van der Waals surface area contributed by atoms with Gasteiger partial charge < -0.3 is 10.6 Å². The van der Waals surface area contributed by atoms with Crippen molar-refractivity contribution < 1.29 is 9.59 Å². The first-order valence-corrected chi connectivity index (χ1v) is 9.36. The number of anilines is 1. The molecule has 1 aromatic heterocycles. The van der Waals surface area contributed by atoms with E-state index in [1.165, 1.54) is 16.9 Å². The molecule has 0 spiro atoms. The molecule has 0 aliphatic carbocycles. The van der Waals surface area contributed by atoms with E-state index < -0.39 is 0 Å². The third kappa shape index (κ3) is 4.67. The van der Waals surface area contributed by atoms with Crippen molar-refractivity contribution in [2.75, 3.05) is 5.32 Å². The van der Waals surface area contributed by atoms with Gasteiger partial charge in [-0.1, -0.05) is 54.2 Å². The van der Waals surface area contributed by atoms with Gasteiger partial charge in [0.2, 0.25) is 11.8 Å². The first-order valence-electron chi connectivity index (χ1n) is 8.55. The lowest BCUT2D eigenvalue weighted by Gasteiger charge is -2.06. The van der Waals surface area contributed by atoms with Crippen LogP contribution >= 0.6 is 11.3 Å². The number of nitrogens with zero attached hydrogens (tertiary/aromatic N) is 1. The highest BCUT2D eigenvalue weighted by Gasteiger charge is 2.09. The predicted molar refractivity (Wildman–Crippen MR) is 105 cm³/mol. The number of amides is 2. The Kier molecular flexibility index (Phi) is 5.63. The molecule has 3 aromatic rings. The van der Waals surface area contributed by atoms with Crippen LogP contribution in [0.5, 0.6) is 0 Å². The quantitative estimate of drug-likeness (QED) is 0.696. The van der Waals surface area contributed by atoms with E-state index in [1.807, 2.05) is 49.4 Å². The van der Waals surface area contributed by atoms with Crippen molar-refractivity contribution in [1.29, 1.82) is 0 Å². The summed E-state index contributed by atoms with van der Waals surface area (Å²) in [6, 6.07) is 13.9. The van der Waals surface area contributed by atoms with Crippen LogP contribution in [0.15, 0.2) is 42.5 Å². The lowest BCUT2D eigenvalue weighted by atomic mass is 10.1. The number of aromatic nitrogens is 1. The van der Waals surface area contributed by atoms with Gasteiger partial charge in [0.05, 0.1) is 16.6 Å². The zero-order chi connectivity index (χ0) is 18.5. The van der Waals surface area contributed by atoms with Gasteiger partial charge in [0.1, 0.15) is 0 Å². The monoisotopic (exact) mass is 367 g/mol. The zero-order valence-corrected chi connectivity index (χ0v) is 15.7. The summed E-state index contributed by atoms with van der Waals surface area (Å²) in [7, 11) is 0. The first-order chi connectivity index (χ1) is 12.5. The van der Waals surface area contributed by atoms with Crippen LogP contribution in [-0.2, 0) is 22.6 Å². The maximum atomic E-state index is 12.2. The number of thiazole rings is 1. The van der Waals surface area contributed by atoms with E-state index in [-0.39, 0.29) is 11.8 Å². The molecule has 0 radical (unpaired) electrons. The minimum absolute atomic E-state index is 0.0195. The topological polar surface area (TPSA) is 71.1 Å². The van der Waals surface area contributed by atoms with Gasteiger partial charge in [0, 0.05) is 13.0 Å². The molecule has 0 aliphatic rings. The number of carbonyl (C=O) groups is 2. The van der Waals surface area contributed by atoms with Gasteiger partial charge >= 0.3 is 0 Å². The molecular formula is C20H21N3O2S. The molecule has 2 N–H and O–H groups in total. The highest BCUT2D eigenvalue weighted by Crippen LogP contribution is 2.27. The molecule has 2 amide bonds. The Morgan fingerprint density at radius 1 is 1.04 bits per heavy atom. The first kappa shape index (κ1) is 18.1. The molecule has 26 heavy (non-hydrogen) atoms. The Morgan fingerprint density at radius 3 is 2.50 bits per heavy atom. The third-order valence-corrected chi connectivity index (χ3v) is 4.93. The van der Waals surface area contributed by atoms with Crippen molar-refractivity contribution in [1.82, 2.24) is 10.3 Å². The van der Waals surface area contributed by atoms with Crippen molar-refractivity contribution in [3.8, 4) is 0 Å². The predicted octanol–water partition coefficient (Wildman–Crippen LogP) is 3.81. The molecule has 0 fully saturated rings. The van der Waals surface area contributed by atoms with Crippen LogP contribution in [-0.4, -0.2) is 16.8 Å². The molecule has 3 rings (SSSR count). The van der Waals surface area contributed by atoms with Gasteiger partial charge in [-0.05, 0) is 30.2 Å². The number of rotatable bonds is 6. The molecule has 0 unspecified atom stereocenters. The number of aryl methyl sites for hydroxylation is 1. The fourth-order valence-corrected chi connectivity index (χ4v) is 3.44. The summed E-state index contributed by atoms with van der Waals surface area (Å²) in [6.45, 7) is 4.36. The summed E-state index contributed by atoms with van der Waals surface area (Å²) < 4.78 is 0.959. The van der Waals surface area contributed by atoms with E-state index in [0.717, 1.165) is 21.3 Å². The summed E-state index contributed by atoms with van der Waals surface area (Å²) >= 11 is 1.42. The maximum Gasteiger partial charge on any atom is 0.225 e. The summed E-state index contributed by atoms with van der Waals surface area (Å²) in [5.74, 6) is -0.0753. The van der Waals surface area contributed by atoms with E-state index in [1.54, 1.807) is 6.92 Å². The van der Waals surface area contributed by atoms with E-state index >= 15 is 0 Å². The van der Waals surface area contributed by atoms with Crippen molar-refractivity contribution in [2.24, 2.45) is 0 Å². The van der Waals surface area contributed by atoms with Crippen LogP contribution < -0.4 is 10.6 Å². The van der Waals surface area contributed by atoms with E-state index in [9.17, 15) is 9.59 Å². The van der Waals surface area contributed by atoms with Crippen LogP contribution in [0.2, 0.25) is 0 Å². The smallest absolute Gasteiger partial charge is 0.225 e. The largest absolute Gasteiger partial charge is 0.352 e. The highest BCUT2D eigenvalue weighted by atomic mass is 32.1. The second-order valence-electron chi connectivity index (χ2n) is 6.16. The molecule has 5 nitrogen and oxygen atoms in total. The molecule has 0 bridgehead atoms. The summed E-state index contributed by atoms with van der Waals surface area (Å²) in [5, 5.41) is 6.31. The number of benzene rings is 2. The van der Waals surface area contributed by atoms with Crippen molar-refractivity contribution in [3.63, 3.8) is 0 Å². The molecule has 2 aromatic carbocycles. The Bertz CT molecular complexity index is 932. The number of nitrogens with one attached hydrogen (secondary N) is 2. The molecule has 134 valence electrons. The molecule has 6 heteroatoms. The van der Waals surface area contributed by atoms with E-state index in [2.05, 4.69) is 15.6 Å². The summed E-state index contributed by atoms with van der Waals surface area (Å²) in [5.41, 5.74) is 4.03. The summed E-state index contributed by atoms with van der Waals surface area (Å²) in [6.07, 6.45) is 0.735. The molecule has 0 saturated carbocycles. The van der Waals surface area contributed by atoms with Gasteiger partial charge in [-0.2, -0.15) is 0 Å². The molecule has 0 saturated heterocycles. The standard InChI is InChI=1S/C20H21N3O2S/c1-3-18(24)23-20-22-16-9-8-15(10-17(16)26-20)11-19(25)21-12-14-6-4-13(2)5-7-14/h4-10H,3,11-12H2,1-2H3,(H,21,25)(H,22,23,24). The van der Waals surface area contributed by atoms with E-state index in [0.29, 0.717) is 24.5 Å². The zero-order valence-electron chi connectivity index (χ0n) is 14.8. The lowest BCUT2D eigenvalue weighted by molar-refractivity contribution is -0.120. The Balaban J connectivity index is 1.61. The van der Waals surface area contributed by atoms with Crippen molar-refractivity contribution in [2.45, 2.75) is 33.2 Å². The van der Waals surface area contributed by atoms with Crippen molar-refractivity contribution >= 4 is 38.5 Å². The minimum Gasteiger partial charge on any atom is -0.352 e. The number of carbonyl (C=O) groups excluding carboxylic acids is 2. The Morgan fingerprint density at radius 2 is 1.77 bits per heavy atom. The number of fused-ring (bicyclic) bond motifs is 1. The average molecular weight is 367 g/mol. The van der Waals surface area contributed by atoms with Gasteiger partial charge in [0.25, 0.3) is 0 Å². The normalized spacial score (nSPS) is 10.7. The lowest BCUT2D eigenvalue weighted by Crippen LogP contribution is -2.24. The minimum atomic E-state index is -0.0558. The van der Waals surface area contributed by atoms with Gasteiger partial charge in [0.15, 0.2) is 5.13 Å². The van der Waals surface area contributed by atoms with E-state index in [4.69, 9.17) is 0 Å². The highest BCUT2D eigenvalue weighted by molar-refractivity contribution is 7.22. The molecular weight excluding hydrogens is 346 g/mol. The van der Waals surface area contributed by atoms with Crippen LogP contribution in [0.1, 0.15) is 30.0 Å². The number of hydrogen-bond acceptors (Lipinski definition) is 4. The second kappa shape index (κ2) is 8.10. The average Bonchev–Trinajstić information content (AvgIpc) is 3.02. The molecule has 0 aliphatic heterocycles. The molecule has 1 heterocycles. The number of hydrogen-bond donors (Lipinski definition) is 2. The second-order valence-corrected chi connectivity index (χ2v) is 7.19. The van der Waals surface area contributed by atoms with Crippen LogP contribution in [0.3, 0.4) is 0 Å². The van der Waals surface area contributed by atoms with Gasteiger partial charge in [-0.15, -0.1) is 0 Å². The molecule has 0 atom stereocenters. The Labute approximate surface area is 156 Å². The van der Waals surface area contributed by atoms with Crippen LogP contribution in [0.25, 0.3) is 10.2 Å². The Hall–Kier alpha value is -2.73. The maximum absolute atomic E-state index is 12.2.